The average Bonchev–Trinajstić information content (AvgIpc) is 2.96. The number of fused-ring (bicyclic) bond motifs is 1. The van der Waals surface area contributed by atoms with Crippen molar-refractivity contribution >= 4 is 32.9 Å². The second-order valence-corrected chi connectivity index (χ2v) is 5.89. The zero-order valence-electron chi connectivity index (χ0n) is 12.4. The van der Waals surface area contributed by atoms with Crippen molar-refractivity contribution in [1.29, 1.82) is 0 Å². The molecule has 118 valence electrons. The van der Waals surface area contributed by atoms with Gasteiger partial charge in [-0.25, -0.2) is 0 Å². The number of benzene rings is 2. The Morgan fingerprint density at radius 3 is 2.83 bits per heavy atom. The second-order valence-electron chi connectivity index (χ2n) is 5.04. The van der Waals surface area contributed by atoms with Crippen LogP contribution in [-0.4, -0.2) is 27.7 Å². The molecule has 0 fully saturated rings. The first kappa shape index (κ1) is 15.5. The molecule has 23 heavy (non-hydrogen) atoms. The van der Waals surface area contributed by atoms with Gasteiger partial charge in [0.05, 0.1) is 6.04 Å². The maximum absolute atomic E-state index is 12.1. The van der Waals surface area contributed by atoms with Gasteiger partial charge in [-0.15, -0.1) is 5.10 Å². The molecule has 0 aliphatic carbocycles. The lowest BCUT2D eigenvalue weighted by Crippen LogP contribution is -2.34. The fourth-order valence-electron chi connectivity index (χ4n) is 2.25. The van der Waals surface area contributed by atoms with Crippen LogP contribution in [0.2, 0.25) is 0 Å². The molecular weight excluding hydrogens is 360 g/mol. The number of halogens is 1. The normalized spacial score (nSPS) is 12.1. The number of carbonyl (C=O) groups is 1. The topological polar surface area (TPSA) is 69.0 Å². The number of nitrogens with one attached hydrogen (secondary N) is 1. The highest BCUT2D eigenvalue weighted by atomic mass is 79.9. The summed E-state index contributed by atoms with van der Waals surface area (Å²) < 4.78 is 0.955. The number of hydrogen-bond donors (Lipinski definition) is 1. The van der Waals surface area contributed by atoms with Gasteiger partial charge in [0, 0.05) is 4.47 Å². The highest BCUT2D eigenvalue weighted by molar-refractivity contribution is 9.10. The Balaban J connectivity index is 1.61. The molecule has 0 bridgehead atoms. The first-order chi connectivity index (χ1) is 11.1. The van der Waals surface area contributed by atoms with Gasteiger partial charge in [-0.3, -0.25) is 4.79 Å². The van der Waals surface area contributed by atoms with Crippen molar-refractivity contribution < 1.29 is 9.63 Å². The Hall–Kier alpha value is -2.41. The molecule has 0 radical (unpaired) electrons. The number of para-hydroxylation sites is 1. The molecule has 2 aromatic carbocycles. The first-order valence-electron chi connectivity index (χ1n) is 7.12. The Bertz CT molecular complexity index is 834. The van der Waals surface area contributed by atoms with E-state index < -0.39 is 0 Å². The number of aromatic nitrogens is 3. The van der Waals surface area contributed by atoms with Crippen LogP contribution in [0.25, 0.3) is 11.0 Å². The number of carbonyl (C=O) groups excluding carboxylic acids is 1. The predicted molar refractivity (Wildman–Crippen MR) is 89.7 cm³/mol. The molecule has 0 spiro atoms. The molecule has 1 aromatic heterocycles. The van der Waals surface area contributed by atoms with Crippen LogP contribution in [0.15, 0.2) is 53.0 Å². The third-order valence-corrected chi connectivity index (χ3v) is 4.11. The number of nitrogens with zero attached hydrogens (tertiary/aromatic N) is 3. The van der Waals surface area contributed by atoms with E-state index in [1.54, 1.807) is 0 Å². The third kappa shape index (κ3) is 3.50. The summed E-state index contributed by atoms with van der Waals surface area (Å²) >= 11 is 3.48. The van der Waals surface area contributed by atoms with Crippen molar-refractivity contribution in [3.05, 3.63) is 58.6 Å². The van der Waals surface area contributed by atoms with E-state index >= 15 is 0 Å². The Kier molecular flexibility index (Phi) is 4.57. The Morgan fingerprint density at radius 1 is 1.26 bits per heavy atom. The van der Waals surface area contributed by atoms with Gasteiger partial charge in [0.15, 0.2) is 6.61 Å². The van der Waals surface area contributed by atoms with Crippen molar-refractivity contribution in [3.63, 3.8) is 0 Å². The first-order valence-corrected chi connectivity index (χ1v) is 7.92. The molecule has 0 saturated carbocycles. The fraction of sp³-hybridized carbons (Fsp3) is 0.188. The van der Waals surface area contributed by atoms with Crippen LogP contribution in [0.3, 0.4) is 0 Å². The van der Waals surface area contributed by atoms with Crippen molar-refractivity contribution in [2.24, 2.45) is 0 Å². The van der Waals surface area contributed by atoms with Crippen LogP contribution < -0.4 is 10.2 Å². The number of hydrogen-bond acceptors (Lipinski definition) is 4. The quantitative estimate of drug-likeness (QED) is 0.744. The Labute approximate surface area is 141 Å². The second kappa shape index (κ2) is 6.78. The molecule has 1 atom stereocenters. The van der Waals surface area contributed by atoms with Crippen molar-refractivity contribution in [1.82, 2.24) is 20.5 Å². The smallest absolute Gasteiger partial charge is 0.261 e. The average molecular weight is 375 g/mol. The maximum Gasteiger partial charge on any atom is 0.261 e. The van der Waals surface area contributed by atoms with Crippen LogP contribution in [0.5, 0.6) is 0 Å². The summed E-state index contributed by atoms with van der Waals surface area (Å²) in [5, 5.41) is 10.7. The SMILES string of the molecule is C[C@@H](NC(=O)COn1nnc2ccccc21)c1ccccc1Br. The van der Waals surface area contributed by atoms with E-state index in [-0.39, 0.29) is 18.6 Å². The van der Waals surface area contributed by atoms with Crippen LogP contribution in [0.4, 0.5) is 0 Å². The standard InChI is InChI=1S/C16H15BrN4O2/c1-11(12-6-2-3-7-13(12)17)18-16(22)10-23-21-15-9-5-4-8-14(15)19-20-21/h2-9,11H,10H2,1H3,(H,18,22)/t11-/m1/s1. The maximum atomic E-state index is 12.1. The molecule has 0 aliphatic rings. The summed E-state index contributed by atoms with van der Waals surface area (Å²) in [6.07, 6.45) is 0. The van der Waals surface area contributed by atoms with Gasteiger partial charge >= 0.3 is 0 Å². The summed E-state index contributed by atoms with van der Waals surface area (Å²) in [6, 6.07) is 15.0. The van der Waals surface area contributed by atoms with Crippen LogP contribution >= 0.6 is 15.9 Å². The van der Waals surface area contributed by atoms with Gasteiger partial charge in [-0.2, -0.15) is 0 Å². The zero-order valence-corrected chi connectivity index (χ0v) is 14.0. The molecule has 6 nitrogen and oxygen atoms in total. The van der Waals surface area contributed by atoms with Crippen molar-refractivity contribution in [3.8, 4) is 0 Å². The molecule has 7 heteroatoms. The minimum atomic E-state index is -0.229. The predicted octanol–water partition coefficient (Wildman–Crippen LogP) is 2.50. The lowest BCUT2D eigenvalue weighted by molar-refractivity contribution is -0.127. The van der Waals surface area contributed by atoms with E-state index in [0.29, 0.717) is 0 Å². The van der Waals surface area contributed by atoms with E-state index in [1.165, 1.54) is 4.85 Å². The van der Waals surface area contributed by atoms with E-state index in [4.69, 9.17) is 4.84 Å². The highest BCUT2D eigenvalue weighted by Crippen LogP contribution is 2.22. The largest absolute Gasteiger partial charge is 0.385 e. The number of amides is 1. The molecular formula is C16H15BrN4O2. The molecule has 1 amide bonds. The van der Waals surface area contributed by atoms with Crippen molar-refractivity contribution in [2.45, 2.75) is 13.0 Å². The third-order valence-electron chi connectivity index (χ3n) is 3.39. The lowest BCUT2D eigenvalue weighted by atomic mass is 10.1. The molecule has 0 unspecified atom stereocenters. The van der Waals surface area contributed by atoms with E-state index in [0.717, 1.165) is 21.1 Å². The van der Waals surface area contributed by atoms with E-state index in [1.807, 2.05) is 55.5 Å². The van der Waals surface area contributed by atoms with Crippen molar-refractivity contribution in [2.75, 3.05) is 6.61 Å². The number of rotatable bonds is 5. The van der Waals surface area contributed by atoms with Gasteiger partial charge in [0.25, 0.3) is 5.91 Å². The fourth-order valence-corrected chi connectivity index (χ4v) is 2.88. The Morgan fingerprint density at radius 2 is 2.00 bits per heavy atom. The lowest BCUT2D eigenvalue weighted by Gasteiger charge is -2.15. The van der Waals surface area contributed by atoms with Gasteiger partial charge < -0.3 is 10.2 Å². The van der Waals surface area contributed by atoms with Gasteiger partial charge in [-0.05, 0) is 35.9 Å². The minimum absolute atomic E-state index is 0.130. The molecule has 0 saturated heterocycles. The van der Waals surface area contributed by atoms with Crippen LogP contribution in [-0.2, 0) is 4.79 Å². The highest BCUT2D eigenvalue weighted by Gasteiger charge is 2.13. The zero-order chi connectivity index (χ0) is 16.2. The summed E-state index contributed by atoms with van der Waals surface area (Å²) in [5.74, 6) is -0.229. The molecule has 0 aliphatic heterocycles. The molecule has 3 aromatic rings. The monoisotopic (exact) mass is 374 g/mol. The summed E-state index contributed by atoms with van der Waals surface area (Å²) in [6.45, 7) is 1.78. The molecule has 3 rings (SSSR count). The van der Waals surface area contributed by atoms with Crippen LogP contribution in [0, 0.1) is 0 Å². The summed E-state index contributed by atoms with van der Waals surface area (Å²) in [7, 11) is 0. The minimum Gasteiger partial charge on any atom is -0.385 e. The molecule has 1 heterocycles. The van der Waals surface area contributed by atoms with Gasteiger partial charge in [0.1, 0.15) is 11.0 Å². The summed E-state index contributed by atoms with van der Waals surface area (Å²) in [4.78, 5) is 18.7. The van der Waals surface area contributed by atoms with E-state index in [2.05, 4.69) is 31.6 Å². The van der Waals surface area contributed by atoms with Crippen LogP contribution in [0.1, 0.15) is 18.5 Å². The van der Waals surface area contributed by atoms with Gasteiger partial charge in [0.2, 0.25) is 0 Å². The van der Waals surface area contributed by atoms with Gasteiger partial charge in [-0.1, -0.05) is 51.1 Å². The summed E-state index contributed by atoms with van der Waals surface area (Å²) in [5.41, 5.74) is 2.45. The van der Waals surface area contributed by atoms with E-state index in [9.17, 15) is 4.79 Å². The molecule has 1 N–H and O–H groups in total.